The Bertz CT molecular complexity index is 306. The maximum absolute atomic E-state index is 13.5. The molecule has 0 aliphatic carbocycles. The van der Waals surface area contributed by atoms with E-state index >= 15 is 0 Å². The molecule has 1 rings (SSSR count). The molecule has 0 aliphatic rings. The second-order valence-corrected chi connectivity index (χ2v) is 3.98. The third-order valence-electron chi connectivity index (χ3n) is 2.44. The molecule has 0 aromatic heterocycles. The lowest BCUT2D eigenvalue weighted by Gasteiger charge is -2.25. The Morgan fingerprint density at radius 2 is 1.87 bits per heavy atom. The molecule has 0 heterocycles. The van der Waals surface area contributed by atoms with Crippen molar-refractivity contribution in [3.05, 3.63) is 29.8 Å². The van der Waals surface area contributed by atoms with Gasteiger partial charge in [-0.3, -0.25) is 0 Å². The van der Waals surface area contributed by atoms with E-state index in [4.69, 9.17) is 4.74 Å². The van der Waals surface area contributed by atoms with Crippen molar-refractivity contribution in [3.63, 3.8) is 0 Å². The molecule has 15 heavy (non-hydrogen) atoms. The first kappa shape index (κ1) is 12.0. The zero-order valence-electron chi connectivity index (χ0n) is 9.26. The molecule has 0 fully saturated rings. The van der Waals surface area contributed by atoms with Crippen LogP contribution in [0.5, 0.6) is 5.75 Å². The lowest BCUT2D eigenvalue weighted by atomic mass is 10.0. The summed E-state index contributed by atoms with van der Waals surface area (Å²) in [5.41, 5.74) is -0.839. The molecule has 0 aliphatic heterocycles. The summed E-state index contributed by atoms with van der Waals surface area (Å²) in [6.07, 6.45) is -0.801. The molecule has 0 saturated carbocycles. The van der Waals surface area contributed by atoms with Crippen LogP contribution in [-0.4, -0.2) is 18.4 Å². The van der Waals surface area contributed by atoms with E-state index in [-0.39, 0.29) is 0 Å². The van der Waals surface area contributed by atoms with Crippen LogP contribution in [0.15, 0.2) is 24.3 Å². The number of rotatable bonds is 4. The largest absolute Gasteiger partial charge is 0.487 e. The molecule has 1 aromatic rings. The van der Waals surface area contributed by atoms with Crippen LogP contribution in [0.1, 0.15) is 19.4 Å². The van der Waals surface area contributed by atoms with Crippen LogP contribution < -0.4 is 4.74 Å². The number of aryl methyl sites for hydroxylation is 1. The molecule has 1 nitrogen and oxygen atoms in total. The molecule has 0 amide bonds. The van der Waals surface area contributed by atoms with E-state index in [1.807, 2.05) is 19.1 Å². The van der Waals surface area contributed by atoms with Crippen LogP contribution in [0.4, 0.5) is 8.78 Å². The summed E-state index contributed by atoms with van der Waals surface area (Å²) in [6, 6.07) is 7.24. The van der Waals surface area contributed by atoms with Crippen LogP contribution in [0.25, 0.3) is 0 Å². The topological polar surface area (TPSA) is 9.23 Å². The van der Waals surface area contributed by atoms with Crippen LogP contribution in [-0.2, 0) is 0 Å². The minimum absolute atomic E-state index is 0.561. The number of benzene rings is 1. The summed E-state index contributed by atoms with van der Waals surface area (Å²) in [5, 5.41) is 0. The van der Waals surface area contributed by atoms with Gasteiger partial charge in [-0.05, 0) is 32.9 Å². The predicted molar refractivity (Wildman–Crippen MR) is 56.8 cm³/mol. The molecule has 0 radical (unpaired) electrons. The summed E-state index contributed by atoms with van der Waals surface area (Å²) in [5.74, 6) is 0.561. The summed E-state index contributed by atoms with van der Waals surface area (Å²) < 4.78 is 31.1. The van der Waals surface area contributed by atoms with Crippen LogP contribution >= 0.6 is 0 Å². The molecule has 0 N–H and O–H groups in total. The number of hydrogen-bond acceptors (Lipinski definition) is 1. The Morgan fingerprint density at radius 1 is 1.33 bits per heavy atom. The van der Waals surface area contributed by atoms with Crippen molar-refractivity contribution >= 4 is 0 Å². The maximum atomic E-state index is 13.5. The van der Waals surface area contributed by atoms with Crippen LogP contribution in [0, 0.1) is 6.92 Å². The number of alkyl halides is 2. The lowest BCUT2D eigenvalue weighted by Crippen LogP contribution is -2.38. The molecule has 0 saturated heterocycles. The summed E-state index contributed by atoms with van der Waals surface area (Å²) in [6.45, 7) is 3.64. The van der Waals surface area contributed by atoms with Gasteiger partial charge in [0.2, 0.25) is 0 Å². The van der Waals surface area contributed by atoms with Crippen LogP contribution in [0.2, 0.25) is 0 Å². The fourth-order valence-corrected chi connectivity index (χ4v) is 1.05. The Labute approximate surface area is 89.1 Å². The van der Waals surface area contributed by atoms with E-state index in [2.05, 4.69) is 0 Å². The van der Waals surface area contributed by atoms with Crippen molar-refractivity contribution in [3.8, 4) is 5.75 Å². The van der Waals surface area contributed by atoms with Crippen molar-refractivity contribution in [1.29, 1.82) is 0 Å². The minimum atomic E-state index is -1.94. The molecular weight excluding hydrogens is 198 g/mol. The highest BCUT2D eigenvalue weighted by Crippen LogP contribution is 2.22. The first-order valence-electron chi connectivity index (χ1n) is 4.94. The average Bonchev–Trinajstić information content (AvgIpc) is 2.21. The fourth-order valence-electron chi connectivity index (χ4n) is 1.05. The molecule has 2 unspecified atom stereocenters. The molecule has 2 atom stereocenters. The van der Waals surface area contributed by atoms with Gasteiger partial charge in [0.1, 0.15) is 18.5 Å². The monoisotopic (exact) mass is 214 g/mol. The molecular formula is C12H16F2O. The second-order valence-electron chi connectivity index (χ2n) is 3.98. The fraction of sp³-hybridized carbons (Fsp3) is 0.500. The van der Waals surface area contributed by atoms with Gasteiger partial charge in [-0.2, -0.15) is 0 Å². The van der Waals surface area contributed by atoms with Gasteiger partial charge in [-0.25, -0.2) is 8.78 Å². The van der Waals surface area contributed by atoms with Gasteiger partial charge in [-0.1, -0.05) is 17.7 Å². The van der Waals surface area contributed by atoms with Gasteiger partial charge in [0, 0.05) is 0 Å². The van der Waals surface area contributed by atoms with E-state index in [0.29, 0.717) is 5.75 Å². The van der Waals surface area contributed by atoms with Crippen molar-refractivity contribution in [2.45, 2.75) is 32.5 Å². The Morgan fingerprint density at radius 3 is 2.33 bits per heavy atom. The zero-order chi connectivity index (χ0) is 11.5. The van der Waals surface area contributed by atoms with Gasteiger partial charge >= 0.3 is 0 Å². The first-order valence-corrected chi connectivity index (χ1v) is 4.94. The predicted octanol–water partition coefficient (Wildman–Crippen LogP) is 3.46. The van der Waals surface area contributed by atoms with E-state index < -0.39 is 18.4 Å². The standard InChI is InChI=1S/C12H16F2O/c1-9-4-6-11(7-5-9)15-10(2)12(3,14)8-13/h4-7,10H,8H2,1-3H3. The minimum Gasteiger partial charge on any atom is -0.487 e. The van der Waals surface area contributed by atoms with Gasteiger partial charge in [-0.15, -0.1) is 0 Å². The zero-order valence-corrected chi connectivity index (χ0v) is 9.26. The van der Waals surface area contributed by atoms with Gasteiger partial charge in [0.15, 0.2) is 5.67 Å². The van der Waals surface area contributed by atoms with E-state index in [1.54, 1.807) is 12.1 Å². The van der Waals surface area contributed by atoms with Crippen molar-refractivity contribution < 1.29 is 13.5 Å². The highest BCUT2D eigenvalue weighted by Gasteiger charge is 2.32. The average molecular weight is 214 g/mol. The van der Waals surface area contributed by atoms with E-state index in [1.165, 1.54) is 13.8 Å². The van der Waals surface area contributed by atoms with Crippen molar-refractivity contribution in [2.75, 3.05) is 6.67 Å². The molecule has 3 heteroatoms. The number of halogens is 2. The maximum Gasteiger partial charge on any atom is 0.172 e. The Hall–Kier alpha value is -1.12. The SMILES string of the molecule is Cc1ccc(OC(C)C(C)(F)CF)cc1. The molecule has 1 aromatic carbocycles. The van der Waals surface area contributed by atoms with Crippen molar-refractivity contribution in [1.82, 2.24) is 0 Å². The second kappa shape index (κ2) is 4.60. The van der Waals surface area contributed by atoms with Crippen LogP contribution in [0.3, 0.4) is 0 Å². The highest BCUT2D eigenvalue weighted by molar-refractivity contribution is 5.26. The van der Waals surface area contributed by atoms with Gasteiger partial charge in [0.05, 0.1) is 0 Å². The number of hydrogen-bond donors (Lipinski definition) is 0. The molecule has 0 bridgehead atoms. The normalized spacial score (nSPS) is 16.9. The molecule has 84 valence electrons. The first-order chi connectivity index (χ1) is 6.95. The third-order valence-corrected chi connectivity index (χ3v) is 2.44. The summed E-state index contributed by atoms with van der Waals surface area (Å²) in [4.78, 5) is 0. The lowest BCUT2D eigenvalue weighted by molar-refractivity contribution is 0.0150. The quantitative estimate of drug-likeness (QED) is 0.745. The van der Waals surface area contributed by atoms with Gasteiger partial charge < -0.3 is 4.74 Å². The summed E-state index contributed by atoms with van der Waals surface area (Å²) in [7, 11) is 0. The molecule has 0 spiro atoms. The highest BCUT2D eigenvalue weighted by atomic mass is 19.2. The Balaban J connectivity index is 2.66. The van der Waals surface area contributed by atoms with E-state index in [0.717, 1.165) is 5.56 Å². The Kier molecular flexibility index (Phi) is 3.66. The summed E-state index contributed by atoms with van der Waals surface area (Å²) >= 11 is 0. The van der Waals surface area contributed by atoms with E-state index in [9.17, 15) is 8.78 Å². The third kappa shape index (κ3) is 3.18. The smallest absolute Gasteiger partial charge is 0.172 e. The van der Waals surface area contributed by atoms with Crippen molar-refractivity contribution in [2.24, 2.45) is 0 Å². The van der Waals surface area contributed by atoms with Gasteiger partial charge in [0.25, 0.3) is 0 Å². The number of ether oxygens (including phenoxy) is 1.